The topological polar surface area (TPSA) is 50.7 Å². The Labute approximate surface area is 149 Å². The van der Waals surface area contributed by atoms with Crippen molar-refractivity contribution in [1.82, 2.24) is 15.0 Å². The second-order valence-electron chi connectivity index (χ2n) is 8.45. The van der Waals surface area contributed by atoms with Gasteiger partial charge in [-0.2, -0.15) is 0 Å². The summed E-state index contributed by atoms with van der Waals surface area (Å²) in [5, 5.41) is 4.49. The molecule has 3 aromatic rings. The number of nitrogens with zero attached hydrogens (tertiary/aromatic N) is 3. The van der Waals surface area contributed by atoms with E-state index in [4.69, 9.17) is 4.98 Å². The molecule has 0 spiro atoms. The normalized spacial score (nSPS) is 12.4. The molecule has 130 valence electrons. The van der Waals surface area contributed by atoms with E-state index in [1.54, 1.807) is 12.4 Å². The van der Waals surface area contributed by atoms with Gasteiger partial charge in [0.05, 0.1) is 11.2 Å². The van der Waals surface area contributed by atoms with E-state index in [-0.39, 0.29) is 10.8 Å². The zero-order valence-corrected chi connectivity index (χ0v) is 15.9. The Morgan fingerprint density at radius 2 is 1.52 bits per heavy atom. The molecule has 0 aliphatic heterocycles. The largest absolute Gasteiger partial charge is 0.322 e. The van der Waals surface area contributed by atoms with E-state index in [2.05, 4.69) is 75.0 Å². The zero-order chi connectivity index (χ0) is 18.2. The number of nitrogens with one attached hydrogen (secondary N) is 1. The average Bonchev–Trinajstić information content (AvgIpc) is 2.53. The van der Waals surface area contributed by atoms with Crippen LogP contribution in [0.3, 0.4) is 0 Å². The molecule has 0 fully saturated rings. The SMILES string of the molecule is CC(C)(C)c1cc(C(C)(C)C)c2cccc(Nc3ncccn3)c2n1. The molecule has 0 unspecified atom stereocenters. The van der Waals surface area contributed by atoms with Crippen LogP contribution in [0, 0.1) is 0 Å². The maximum Gasteiger partial charge on any atom is 0.227 e. The molecule has 1 aromatic carbocycles. The summed E-state index contributed by atoms with van der Waals surface area (Å²) in [6.45, 7) is 13.3. The average molecular weight is 334 g/mol. The first-order valence-corrected chi connectivity index (χ1v) is 8.65. The van der Waals surface area contributed by atoms with Crippen molar-refractivity contribution < 1.29 is 0 Å². The van der Waals surface area contributed by atoms with E-state index in [0.717, 1.165) is 16.9 Å². The number of fused-ring (bicyclic) bond motifs is 1. The van der Waals surface area contributed by atoms with Crippen LogP contribution in [0.1, 0.15) is 52.8 Å². The minimum absolute atomic E-state index is 0.0233. The van der Waals surface area contributed by atoms with Crippen LogP contribution in [0.15, 0.2) is 42.7 Å². The predicted molar refractivity (Wildman–Crippen MR) is 104 cm³/mol. The number of aromatic nitrogens is 3. The molecule has 2 aromatic heterocycles. The molecule has 25 heavy (non-hydrogen) atoms. The fourth-order valence-corrected chi connectivity index (χ4v) is 2.84. The lowest BCUT2D eigenvalue weighted by atomic mass is 9.81. The minimum Gasteiger partial charge on any atom is -0.322 e. The number of anilines is 2. The quantitative estimate of drug-likeness (QED) is 0.685. The standard InChI is InChI=1S/C21H26N4/c1-20(2,3)15-13-17(21(4,5)6)25-18-14(15)9-7-10-16(18)24-19-22-11-8-12-23-19/h7-13H,1-6H3,(H,22,23,24). The van der Waals surface area contributed by atoms with Gasteiger partial charge in [-0.05, 0) is 29.2 Å². The van der Waals surface area contributed by atoms with Gasteiger partial charge in [-0.3, -0.25) is 4.98 Å². The molecule has 4 heteroatoms. The van der Waals surface area contributed by atoms with Crippen LogP contribution in [0.5, 0.6) is 0 Å². The van der Waals surface area contributed by atoms with E-state index < -0.39 is 0 Å². The van der Waals surface area contributed by atoms with Gasteiger partial charge >= 0.3 is 0 Å². The van der Waals surface area contributed by atoms with Crippen LogP contribution in [0.25, 0.3) is 10.9 Å². The number of hydrogen-bond acceptors (Lipinski definition) is 4. The molecule has 0 aliphatic carbocycles. The fraction of sp³-hybridized carbons (Fsp3) is 0.381. The van der Waals surface area contributed by atoms with Gasteiger partial charge in [0.25, 0.3) is 0 Å². The summed E-state index contributed by atoms with van der Waals surface area (Å²) in [4.78, 5) is 13.5. The van der Waals surface area contributed by atoms with Gasteiger partial charge in [-0.1, -0.05) is 53.7 Å². The molecule has 0 aliphatic rings. The van der Waals surface area contributed by atoms with Crippen molar-refractivity contribution in [2.24, 2.45) is 0 Å². The van der Waals surface area contributed by atoms with Crippen molar-refractivity contribution in [3.8, 4) is 0 Å². The van der Waals surface area contributed by atoms with Crippen molar-refractivity contribution in [2.75, 3.05) is 5.32 Å². The van der Waals surface area contributed by atoms with Crippen molar-refractivity contribution >= 4 is 22.5 Å². The number of para-hydroxylation sites is 1. The summed E-state index contributed by atoms with van der Waals surface area (Å²) >= 11 is 0. The molecule has 4 nitrogen and oxygen atoms in total. The summed E-state index contributed by atoms with van der Waals surface area (Å²) < 4.78 is 0. The maximum atomic E-state index is 5.00. The molecular formula is C21H26N4. The first-order chi connectivity index (χ1) is 11.7. The summed E-state index contributed by atoms with van der Waals surface area (Å²) in [5.41, 5.74) is 4.30. The highest BCUT2D eigenvalue weighted by Gasteiger charge is 2.24. The molecule has 0 saturated heterocycles. The van der Waals surface area contributed by atoms with Crippen LogP contribution in [0.4, 0.5) is 11.6 Å². The van der Waals surface area contributed by atoms with Crippen molar-refractivity contribution in [2.45, 2.75) is 52.4 Å². The second-order valence-corrected chi connectivity index (χ2v) is 8.45. The van der Waals surface area contributed by atoms with Crippen molar-refractivity contribution in [3.05, 3.63) is 54.0 Å². The molecule has 2 heterocycles. The van der Waals surface area contributed by atoms with Gasteiger partial charge in [0, 0.05) is 28.9 Å². The fourth-order valence-electron chi connectivity index (χ4n) is 2.84. The van der Waals surface area contributed by atoms with E-state index in [1.165, 1.54) is 10.9 Å². The number of hydrogen-bond donors (Lipinski definition) is 1. The molecule has 0 atom stereocenters. The van der Waals surface area contributed by atoms with Gasteiger partial charge in [0.2, 0.25) is 5.95 Å². The van der Waals surface area contributed by atoms with E-state index in [9.17, 15) is 0 Å². The van der Waals surface area contributed by atoms with Crippen LogP contribution >= 0.6 is 0 Å². The Morgan fingerprint density at radius 1 is 0.840 bits per heavy atom. The van der Waals surface area contributed by atoms with E-state index in [0.29, 0.717) is 5.95 Å². The van der Waals surface area contributed by atoms with Crippen LogP contribution in [0.2, 0.25) is 0 Å². The van der Waals surface area contributed by atoms with E-state index >= 15 is 0 Å². The lowest BCUT2D eigenvalue weighted by molar-refractivity contribution is 0.558. The third-order valence-electron chi connectivity index (χ3n) is 4.23. The van der Waals surface area contributed by atoms with Gasteiger partial charge in [-0.15, -0.1) is 0 Å². The van der Waals surface area contributed by atoms with Crippen molar-refractivity contribution in [1.29, 1.82) is 0 Å². The molecule has 0 radical (unpaired) electrons. The highest BCUT2D eigenvalue weighted by atomic mass is 15.1. The Morgan fingerprint density at radius 3 is 2.12 bits per heavy atom. The maximum absolute atomic E-state index is 5.00. The highest BCUT2D eigenvalue weighted by Crippen LogP contribution is 2.36. The minimum atomic E-state index is -0.0233. The number of pyridine rings is 1. The van der Waals surface area contributed by atoms with Crippen LogP contribution < -0.4 is 5.32 Å². The molecule has 0 amide bonds. The third-order valence-corrected chi connectivity index (χ3v) is 4.23. The summed E-state index contributed by atoms with van der Waals surface area (Å²) in [5.74, 6) is 0.579. The Kier molecular flexibility index (Phi) is 4.23. The van der Waals surface area contributed by atoms with Crippen LogP contribution in [-0.2, 0) is 10.8 Å². The van der Waals surface area contributed by atoms with E-state index in [1.807, 2.05) is 12.1 Å². The van der Waals surface area contributed by atoms with Crippen LogP contribution in [-0.4, -0.2) is 15.0 Å². The highest BCUT2D eigenvalue weighted by molar-refractivity contribution is 5.94. The van der Waals surface area contributed by atoms with Gasteiger partial charge in [0.1, 0.15) is 0 Å². The first-order valence-electron chi connectivity index (χ1n) is 8.65. The first kappa shape index (κ1) is 17.3. The number of benzene rings is 1. The monoisotopic (exact) mass is 334 g/mol. The molecule has 0 bridgehead atoms. The molecule has 0 saturated carbocycles. The summed E-state index contributed by atoms with van der Waals surface area (Å²) in [7, 11) is 0. The zero-order valence-electron chi connectivity index (χ0n) is 15.9. The Bertz CT molecular complexity index is 887. The lowest BCUT2D eigenvalue weighted by Gasteiger charge is -2.26. The third kappa shape index (κ3) is 3.63. The van der Waals surface area contributed by atoms with Gasteiger partial charge in [0.15, 0.2) is 0 Å². The molecule has 1 N–H and O–H groups in total. The van der Waals surface area contributed by atoms with Gasteiger partial charge in [-0.25, -0.2) is 9.97 Å². The Balaban J connectivity index is 2.26. The lowest BCUT2D eigenvalue weighted by Crippen LogP contribution is -2.19. The Hall–Kier alpha value is -2.49. The van der Waals surface area contributed by atoms with Crippen molar-refractivity contribution in [3.63, 3.8) is 0 Å². The smallest absolute Gasteiger partial charge is 0.227 e. The number of rotatable bonds is 2. The predicted octanol–water partition coefficient (Wildman–Crippen LogP) is 5.36. The van der Waals surface area contributed by atoms with Gasteiger partial charge < -0.3 is 5.32 Å². The molecule has 3 rings (SSSR count). The second kappa shape index (κ2) is 6.10. The molecular weight excluding hydrogens is 308 g/mol. The summed E-state index contributed by atoms with van der Waals surface area (Å²) in [6, 6.07) is 10.3. The summed E-state index contributed by atoms with van der Waals surface area (Å²) in [6.07, 6.45) is 3.46.